The standard InChI is InChI=1S/C14H16ClNO5/c1-2-19-12(17)3-4-16-14(18)9-7-10(15)13-11(8-9)20-5-6-21-13/h7-8H,2-6H2,1H3,(H,16,18). The number of halogens is 1. The predicted octanol–water partition coefficient (Wildman–Crippen LogP) is 1.79. The summed E-state index contributed by atoms with van der Waals surface area (Å²) in [6, 6.07) is 3.08. The van der Waals surface area contributed by atoms with E-state index in [1.807, 2.05) is 0 Å². The lowest BCUT2D eigenvalue weighted by atomic mass is 10.1. The summed E-state index contributed by atoms with van der Waals surface area (Å²) in [4.78, 5) is 23.2. The normalized spacial score (nSPS) is 12.7. The zero-order valence-corrected chi connectivity index (χ0v) is 12.4. The average Bonchev–Trinajstić information content (AvgIpc) is 2.47. The highest BCUT2D eigenvalue weighted by molar-refractivity contribution is 6.32. The van der Waals surface area contributed by atoms with Crippen molar-refractivity contribution in [1.29, 1.82) is 0 Å². The Labute approximate surface area is 127 Å². The number of nitrogens with one attached hydrogen (secondary N) is 1. The number of carbonyl (C=O) groups is 2. The Morgan fingerprint density at radius 1 is 1.33 bits per heavy atom. The number of hydrogen-bond donors (Lipinski definition) is 1. The van der Waals surface area contributed by atoms with E-state index in [0.29, 0.717) is 41.9 Å². The van der Waals surface area contributed by atoms with Gasteiger partial charge in [-0.25, -0.2) is 0 Å². The number of rotatable bonds is 5. The van der Waals surface area contributed by atoms with Gasteiger partial charge < -0.3 is 19.5 Å². The Bertz CT molecular complexity index is 546. The van der Waals surface area contributed by atoms with Gasteiger partial charge in [0.05, 0.1) is 18.1 Å². The van der Waals surface area contributed by atoms with Crippen LogP contribution < -0.4 is 14.8 Å². The number of benzene rings is 1. The monoisotopic (exact) mass is 313 g/mol. The molecule has 114 valence electrons. The lowest BCUT2D eigenvalue weighted by Crippen LogP contribution is -2.27. The minimum atomic E-state index is -0.349. The van der Waals surface area contributed by atoms with Crippen LogP contribution in [0.5, 0.6) is 11.5 Å². The smallest absolute Gasteiger partial charge is 0.307 e. The lowest BCUT2D eigenvalue weighted by molar-refractivity contribution is -0.142. The van der Waals surface area contributed by atoms with Crippen LogP contribution in [0.25, 0.3) is 0 Å². The van der Waals surface area contributed by atoms with E-state index in [0.717, 1.165) is 0 Å². The summed E-state index contributed by atoms with van der Waals surface area (Å²) >= 11 is 6.06. The number of carbonyl (C=O) groups excluding carboxylic acids is 2. The molecule has 6 nitrogen and oxygen atoms in total. The van der Waals surface area contributed by atoms with Crippen molar-refractivity contribution in [3.8, 4) is 11.5 Å². The molecule has 0 spiro atoms. The second-order valence-corrected chi connectivity index (χ2v) is 4.70. The van der Waals surface area contributed by atoms with Crippen molar-refractivity contribution in [1.82, 2.24) is 5.32 Å². The molecule has 0 aromatic heterocycles. The minimum absolute atomic E-state index is 0.123. The first-order chi connectivity index (χ1) is 10.1. The molecule has 1 aliphatic heterocycles. The summed E-state index contributed by atoms with van der Waals surface area (Å²) in [5.41, 5.74) is 0.355. The summed E-state index contributed by atoms with van der Waals surface area (Å²) in [6.07, 6.45) is 0.123. The molecule has 0 bridgehead atoms. The van der Waals surface area contributed by atoms with Gasteiger partial charge in [-0.2, -0.15) is 0 Å². The fraction of sp³-hybridized carbons (Fsp3) is 0.429. The molecule has 21 heavy (non-hydrogen) atoms. The number of ether oxygens (including phenoxy) is 3. The Balaban J connectivity index is 1.96. The van der Waals surface area contributed by atoms with Gasteiger partial charge in [0.2, 0.25) is 0 Å². The number of fused-ring (bicyclic) bond motifs is 1. The molecule has 1 N–H and O–H groups in total. The lowest BCUT2D eigenvalue weighted by Gasteiger charge is -2.20. The van der Waals surface area contributed by atoms with Crippen molar-refractivity contribution in [2.75, 3.05) is 26.4 Å². The topological polar surface area (TPSA) is 73.9 Å². The number of amides is 1. The van der Waals surface area contributed by atoms with Crippen molar-refractivity contribution >= 4 is 23.5 Å². The largest absolute Gasteiger partial charge is 0.486 e. The van der Waals surface area contributed by atoms with E-state index >= 15 is 0 Å². The van der Waals surface area contributed by atoms with Gasteiger partial charge in [0.25, 0.3) is 5.91 Å². The van der Waals surface area contributed by atoms with Crippen molar-refractivity contribution in [3.63, 3.8) is 0 Å². The van der Waals surface area contributed by atoms with Crippen LogP contribution in [-0.4, -0.2) is 38.2 Å². The third-order valence-corrected chi connectivity index (χ3v) is 3.06. The summed E-state index contributed by atoms with van der Waals surface area (Å²) in [6.45, 7) is 3.09. The molecule has 1 amide bonds. The van der Waals surface area contributed by atoms with E-state index in [2.05, 4.69) is 5.32 Å². The van der Waals surface area contributed by atoms with Crippen molar-refractivity contribution in [2.45, 2.75) is 13.3 Å². The quantitative estimate of drug-likeness (QED) is 0.839. The van der Waals surface area contributed by atoms with Crippen LogP contribution in [0.2, 0.25) is 5.02 Å². The summed E-state index contributed by atoms with van der Waals surface area (Å²) in [5, 5.41) is 2.95. The van der Waals surface area contributed by atoms with Gasteiger partial charge in [0.15, 0.2) is 11.5 Å². The summed E-state index contributed by atoms with van der Waals surface area (Å²) in [5.74, 6) is 0.214. The molecular formula is C14H16ClNO5. The van der Waals surface area contributed by atoms with E-state index in [-0.39, 0.29) is 24.8 Å². The Morgan fingerprint density at radius 3 is 2.86 bits per heavy atom. The number of esters is 1. The van der Waals surface area contributed by atoms with Crippen LogP contribution >= 0.6 is 11.6 Å². The van der Waals surface area contributed by atoms with Crippen molar-refractivity contribution < 1.29 is 23.8 Å². The minimum Gasteiger partial charge on any atom is -0.486 e. The molecular weight excluding hydrogens is 298 g/mol. The average molecular weight is 314 g/mol. The van der Waals surface area contributed by atoms with Gasteiger partial charge in [0, 0.05) is 12.1 Å². The third-order valence-electron chi connectivity index (χ3n) is 2.78. The molecule has 0 aliphatic carbocycles. The second-order valence-electron chi connectivity index (χ2n) is 4.29. The van der Waals surface area contributed by atoms with Crippen molar-refractivity contribution in [2.24, 2.45) is 0 Å². The molecule has 2 rings (SSSR count). The first kappa shape index (κ1) is 15.4. The highest BCUT2D eigenvalue weighted by Gasteiger charge is 2.19. The predicted molar refractivity (Wildman–Crippen MR) is 76.0 cm³/mol. The summed E-state index contributed by atoms with van der Waals surface area (Å²) < 4.78 is 15.6. The molecule has 0 radical (unpaired) electrons. The maximum Gasteiger partial charge on any atom is 0.307 e. The van der Waals surface area contributed by atoms with Gasteiger partial charge in [-0.15, -0.1) is 0 Å². The van der Waals surface area contributed by atoms with E-state index in [4.69, 9.17) is 25.8 Å². The molecule has 0 atom stereocenters. The fourth-order valence-corrected chi connectivity index (χ4v) is 2.12. The Hall–Kier alpha value is -1.95. The van der Waals surface area contributed by atoms with Gasteiger partial charge in [-0.05, 0) is 19.1 Å². The maximum atomic E-state index is 12.0. The molecule has 1 aromatic rings. The van der Waals surface area contributed by atoms with E-state index in [1.165, 1.54) is 6.07 Å². The number of hydrogen-bond acceptors (Lipinski definition) is 5. The highest BCUT2D eigenvalue weighted by atomic mass is 35.5. The maximum absolute atomic E-state index is 12.0. The van der Waals surface area contributed by atoms with Crippen LogP contribution in [0.4, 0.5) is 0 Å². The van der Waals surface area contributed by atoms with Crippen LogP contribution in [0.3, 0.4) is 0 Å². The zero-order valence-electron chi connectivity index (χ0n) is 11.6. The molecule has 1 heterocycles. The first-order valence-electron chi connectivity index (χ1n) is 6.64. The summed E-state index contributed by atoms with van der Waals surface area (Å²) in [7, 11) is 0. The third kappa shape index (κ3) is 4.01. The molecule has 0 fully saturated rings. The molecule has 7 heteroatoms. The SMILES string of the molecule is CCOC(=O)CCNC(=O)c1cc(Cl)c2c(c1)OCCO2. The fourth-order valence-electron chi connectivity index (χ4n) is 1.86. The first-order valence-corrected chi connectivity index (χ1v) is 7.02. The van der Waals surface area contributed by atoms with Gasteiger partial charge in [-0.1, -0.05) is 11.6 Å². The van der Waals surface area contributed by atoms with Crippen LogP contribution in [-0.2, 0) is 9.53 Å². The molecule has 0 saturated carbocycles. The van der Waals surface area contributed by atoms with Crippen molar-refractivity contribution in [3.05, 3.63) is 22.7 Å². The Kier molecular flexibility index (Phi) is 5.27. The highest BCUT2D eigenvalue weighted by Crippen LogP contribution is 2.38. The van der Waals surface area contributed by atoms with Gasteiger partial charge in [-0.3, -0.25) is 9.59 Å². The molecule has 0 unspecified atom stereocenters. The molecule has 0 saturated heterocycles. The van der Waals surface area contributed by atoms with Crippen LogP contribution in [0.1, 0.15) is 23.7 Å². The van der Waals surface area contributed by atoms with E-state index in [1.54, 1.807) is 13.0 Å². The van der Waals surface area contributed by atoms with E-state index in [9.17, 15) is 9.59 Å². The molecule has 1 aromatic carbocycles. The van der Waals surface area contributed by atoms with Gasteiger partial charge in [0.1, 0.15) is 13.2 Å². The van der Waals surface area contributed by atoms with Crippen LogP contribution in [0.15, 0.2) is 12.1 Å². The molecule has 1 aliphatic rings. The Morgan fingerprint density at radius 2 is 2.10 bits per heavy atom. The van der Waals surface area contributed by atoms with Gasteiger partial charge >= 0.3 is 5.97 Å². The second kappa shape index (κ2) is 7.17. The van der Waals surface area contributed by atoms with Crippen LogP contribution in [0, 0.1) is 0 Å². The van der Waals surface area contributed by atoms with E-state index < -0.39 is 0 Å². The zero-order chi connectivity index (χ0) is 15.2.